The fourth-order valence-corrected chi connectivity index (χ4v) is 4.22. The van der Waals surface area contributed by atoms with E-state index in [1.807, 2.05) is 0 Å². The van der Waals surface area contributed by atoms with Crippen molar-refractivity contribution >= 4 is 43.3 Å². The Labute approximate surface area is 171 Å². The van der Waals surface area contributed by atoms with Crippen molar-refractivity contribution in [3.8, 4) is 0 Å². The second-order valence-corrected chi connectivity index (χ2v) is 9.01. The van der Waals surface area contributed by atoms with E-state index in [4.69, 9.17) is 4.74 Å². The Balaban J connectivity index is 2.55. The molecule has 0 aromatic heterocycles. The summed E-state index contributed by atoms with van der Waals surface area (Å²) in [7, 11) is -4.12. The largest absolute Gasteiger partial charge is 0.462 e. The van der Waals surface area contributed by atoms with Gasteiger partial charge in [-0.2, -0.15) is 0 Å². The molecule has 0 spiro atoms. The first-order chi connectivity index (χ1) is 13.0. The van der Waals surface area contributed by atoms with Gasteiger partial charge in [0, 0.05) is 16.6 Å². The molecule has 0 N–H and O–H groups in total. The molecule has 2 aromatic carbocycles. The molecule has 0 aliphatic rings. The third-order valence-corrected chi connectivity index (χ3v) is 6.00. The topological polar surface area (TPSA) is 107 Å². The van der Waals surface area contributed by atoms with Gasteiger partial charge in [-0.25, -0.2) is 8.42 Å². The van der Waals surface area contributed by atoms with Crippen LogP contribution >= 0.6 is 15.9 Å². The van der Waals surface area contributed by atoms with Crippen molar-refractivity contribution in [2.45, 2.75) is 31.8 Å². The Morgan fingerprint density at radius 3 is 2.32 bits per heavy atom. The number of rotatable bonds is 7. The fraction of sp³-hybridized carbons (Fsp3) is 0.278. The van der Waals surface area contributed by atoms with Gasteiger partial charge in [-0.15, -0.1) is 0 Å². The normalized spacial score (nSPS) is 11.3. The van der Waals surface area contributed by atoms with E-state index in [1.54, 1.807) is 32.9 Å². The lowest BCUT2D eigenvalue weighted by atomic mass is 10.2. The number of esters is 1. The molecule has 8 nitrogen and oxygen atoms in total. The van der Waals surface area contributed by atoms with E-state index < -0.39 is 33.6 Å². The molecule has 0 unspecified atom stereocenters. The molecule has 0 saturated carbocycles. The van der Waals surface area contributed by atoms with Gasteiger partial charge in [0.15, 0.2) is 0 Å². The zero-order chi connectivity index (χ0) is 21.1. The molecule has 0 bridgehead atoms. The minimum Gasteiger partial charge on any atom is -0.462 e. The summed E-state index contributed by atoms with van der Waals surface area (Å²) in [6, 6.07) is 9.71. The zero-order valence-electron chi connectivity index (χ0n) is 15.5. The maximum absolute atomic E-state index is 13.2. The maximum Gasteiger partial charge on any atom is 0.327 e. The molecular weight excluding hydrogens is 452 g/mol. The van der Waals surface area contributed by atoms with Gasteiger partial charge in [-0.1, -0.05) is 15.9 Å². The average molecular weight is 471 g/mol. The van der Waals surface area contributed by atoms with Gasteiger partial charge in [-0.05, 0) is 56.7 Å². The summed E-state index contributed by atoms with van der Waals surface area (Å²) >= 11 is 3.25. The van der Waals surface area contributed by atoms with E-state index in [9.17, 15) is 23.3 Å². The molecule has 0 heterocycles. The number of non-ortho nitro benzene ring substituents is 1. The highest BCUT2D eigenvalue weighted by Crippen LogP contribution is 2.30. The highest BCUT2D eigenvalue weighted by Gasteiger charge is 2.29. The van der Waals surface area contributed by atoms with Crippen LogP contribution in [0.1, 0.15) is 19.4 Å². The number of sulfonamides is 1. The van der Waals surface area contributed by atoms with Crippen LogP contribution in [-0.2, 0) is 19.6 Å². The summed E-state index contributed by atoms with van der Waals surface area (Å²) in [5, 5.41) is 11.0. The van der Waals surface area contributed by atoms with Crippen molar-refractivity contribution < 1.29 is 22.9 Å². The van der Waals surface area contributed by atoms with Crippen LogP contribution in [0.15, 0.2) is 51.8 Å². The number of nitrogens with zero attached hydrogens (tertiary/aromatic N) is 2. The quantitative estimate of drug-likeness (QED) is 0.345. The number of aryl methyl sites for hydroxylation is 1. The molecule has 0 radical (unpaired) electrons. The Morgan fingerprint density at radius 1 is 1.21 bits per heavy atom. The van der Waals surface area contributed by atoms with Crippen LogP contribution in [-0.4, -0.2) is 32.0 Å². The van der Waals surface area contributed by atoms with E-state index in [1.165, 1.54) is 30.3 Å². The van der Waals surface area contributed by atoms with Crippen LogP contribution < -0.4 is 4.31 Å². The molecule has 0 aliphatic carbocycles. The molecule has 0 atom stereocenters. The Kier molecular flexibility index (Phi) is 6.78. The number of halogens is 1. The summed E-state index contributed by atoms with van der Waals surface area (Å²) in [5.41, 5.74) is 0.327. The molecule has 2 rings (SSSR count). The lowest BCUT2D eigenvalue weighted by Gasteiger charge is -2.25. The summed E-state index contributed by atoms with van der Waals surface area (Å²) in [4.78, 5) is 22.6. The highest BCUT2D eigenvalue weighted by molar-refractivity contribution is 9.10. The number of nitro groups is 1. The highest BCUT2D eigenvalue weighted by atomic mass is 79.9. The van der Waals surface area contributed by atoms with Gasteiger partial charge < -0.3 is 4.74 Å². The van der Waals surface area contributed by atoms with Crippen molar-refractivity contribution in [3.63, 3.8) is 0 Å². The summed E-state index contributed by atoms with van der Waals surface area (Å²) in [6.07, 6.45) is -0.414. The molecule has 2 aromatic rings. The van der Waals surface area contributed by atoms with Crippen molar-refractivity contribution in [2.24, 2.45) is 0 Å². The molecule has 150 valence electrons. The third kappa shape index (κ3) is 5.08. The van der Waals surface area contributed by atoms with E-state index in [-0.39, 0.29) is 16.3 Å². The molecule has 0 saturated heterocycles. The van der Waals surface area contributed by atoms with Gasteiger partial charge in [0.2, 0.25) is 0 Å². The number of carbonyl (C=O) groups excluding carboxylic acids is 1. The first-order valence-corrected chi connectivity index (χ1v) is 10.5. The summed E-state index contributed by atoms with van der Waals surface area (Å²) < 4.78 is 33.1. The second-order valence-electron chi connectivity index (χ2n) is 6.23. The monoisotopic (exact) mass is 470 g/mol. The van der Waals surface area contributed by atoms with Crippen LogP contribution in [0.25, 0.3) is 0 Å². The molecule has 10 heteroatoms. The van der Waals surface area contributed by atoms with Gasteiger partial charge in [-0.3, -0.25) is 19.2 Å². The van der Waals surface area contributed by atoms with Crippen LogP contribution in [0.4, 0.5) is 11.4 Å². The van der Waals surface area contributed by atoms with Crippen molar-refractivity contribution in [1.82, 2.24) is 0 Å². The van der Waals surface area contributed by atoms with Gasteiger partial charge in [0.05, 0.1) is 21.6 Å². The SMILES string of the molecule is Cc1cc([N+](=O)[O-])ccc1N(CC(=O)OC(C)C)S(=O)(=O)c1ccc(Br)cc1. The minimum atomic E-state index is -4.12. The van der Waals surface area contributed by atoms with E-state index in [2.05, 4.69) is 15.9 Å². The van der Waals surface area contributed by atoms with E-state index in [0.717, 1.165) is 4.31 Å². The number of ether oxygens (including phenoxy) is 1. The van der Waals surface area contributed by atoms with E-state index >= 15 is 0 Å². The molecule has 28 heavy (non-hydrogen) atoms. The number of nitro benzene ring substituents is 1. The smallest absolute Gasteiger partial charge is 0.327 e. The maximum atomic E-state index is 13.2. The Morgan fingerprint density at radius 2 is 1.82 bits per heavy atom. The van der Waals surface area contributed by atoms with Gasteiger partial charge in [0.1, 0.15) is 6.54 Å². The Bertz CT molecular complexity index is 990. The van der Waals surface area contributed by atoms with E-state index in [0.29, 0.717) is 10.0 Å². The van der Waals surface area contributed by atoms with Crippen molar-refractivity contribution in [3.05, 3.63) is 62.6 Å². The third-order valence-electron chi connectivity index (χ3n) is 3.70. The fourth-order valence-electron chi connectivity index (χ4n) is 2.48. The number of anilines is 1. The predicted octanol–water partition coefficient (Wildman–Crippen LogP) is 3.81. The first-order valence-electron chi connectivity index (χ1n) is 8.25. The summed E-state index contributed by atoms with van der Waals surface area (Å²) in [6.45, 7) is 4.29. The molecule has 0 fully saturated rings. The van der Waals surface area contributed by atoms with Gasteiger partial charge in [0.25, 0.3) is 15.7 Å². The van der Waals surface area contributed by atoms with Crippen LogP contribution in [0, 0.1) is 17.0 Å². The number of carbonyl (C=O) groups is 1. The lowest BCUT2D eigenvalue weighted by Crippen LogP contribution is -2.37. The van der Waals surface area contributed by atoms with Crippen LogP contribution in [0.5, 0.6) is 0 Å². The average Bonchev–Trinajstić information content (AvgIpc) is 2.59. The van der Waals surface area contributed by atoms with Crippen molar-refractivity contribution in [2.75, 3.05) is 10.8 Å². The van der Waals surface area contributed by atoms with Gasteiger partial charge >= 0.3 is 5.97 Å². The molecule has 0 aliphatic heterocycles. The second kappa shape index (κ2) is 8.70. The minimum absolute atomic E-state index is 0.0224. The number of hydrogen-bond acceptors (Lipinski definition) is 6. The molecule has 0 amide bonds. The summed E-state index contributed by atoms with van der Waals surface area (Å²) in [5.74, 6) is -0.728. The first kappa shape index (κ1) is 21.8. The van der Waals surface area contributed by atoms with Crippen LogP contribution in [0.3, 0.4) is 0 Å². The Hall–Kier alpha value is -2.46. The number of hydrogen-bond donors (Lipinski definition) is 0. The lowest BCUT2D eigenvalue weighted by molar-refractivity contribution is -0.384. The zero-order valence-corrected chi connectivity index (χ0v) is 17.9. The standard InChI is InChI=1S/C18H19BrN2O6S/c1-12(2)27-18(22)11-20(17-9-6-15(21(23)24)10-13(17)3)28(25,26)16-7-4-14(19)5-8-16/h4-10,12H,11H2,1-3H3. The van der Waals surface area contributed by atoms with Crippen LogP contribution in [0.2, 0.25) is 0 Å². The number of benzene rings is 2. The molecular formula is C18H19BrN2O6S. The van der Waals surface area contributed by atoms with Crippen molar-refractivity contribution in [1.29, 1.82) is 0 Å². The predicted molar refractivity (Wildman–Crippen MR) is 108 cm³/mol.